The van der Waals surface area contributed by atoms with Crippen LogP contribution in [-0.2, 0) is 22.5 Å². The van der Waals surface area contributed by atoms with E-state index >= 15 is 0 Å². The maximum absolute atomic E-state index is 12.4. The van der Waals surface area contributed by atoms with Gasteiger partial charge in [0.25, 0.3) is 0 Å². The molecule has 0 fully saturated rings. The number of aliphatic hydroxyl groups is 1. The number of hydrogen-bond acceptors (Lipinski definition) is 7. The molecule has 1 aromatic carbocycles. The fourth-order valence-corrected chi connectivity index (χ4v) is 4.30. The van der Waals surface area contributed by atoms with Crippen LogP contribution in [0.15, 0.2) is 30.3 Å². The Morgan fingerprint density at radius 3 is 2.93 bits per heavy atom. The van der Waals surface area contributed by atoms with E-state index in [4.69, 9.17) is 20.3 Å². The Morgan fingerprint density at radius 2 is 2.17 bits per heavy atom. The SMILES string of the molecule is CCOC(=O)N1CCc2c(sc(NC(=O)/C=C/c3ccccc3OCCO)c2N)C1. The maximum Gasteiger partial charge on any atom is 0.410 e. The Balaban J connectivity index is 1.67. The number of benzene rings is 1. The van der Waals surface area contributed by atoms with Crippen molar-refractivity contribution in [2.45, 2.75) is 19.9 Å². The van der Waals surface area contributed by atoms with Crippen molar-refractivity contribution in [1.82, 2.24) is 4.90 Å². The average molecular weight is 432 g/mol. The number of nitrogens with two attached hydrogens (primary N) is 1. The standard InChI is InChI=1S/C21H25N3O5S/c1-2-28-21(27)24-10-9-15-17(13-24)30-20(19(15)22)23-18(26)8-7-14-5-3-4-6-16(14)29-12-11-25/h3-8,25H,2,9-13,22H2,1H3,(H,23,26)/b8-7+. The number of nitrogens with zero attached hydrogens (tertiary/aromatic N) is 1. The van der Waals surface area contributed by atoms with Crippen molar-refractivity contribution < 1.29 is 24.2 Å². The molecule has 2 amide bonds. The van der Waals surface area contributed by atoms with Gasteiger partial charge in [-0.15, -0.1) is 11.3 Å². The monoisotopic (exact) mass is 431 g/mol. The van der Waals surface area contributed by atoms with Crippen LogP contribution in [0.2, 0.25) is 0 Å². The van der Waals surface area contributed by atoms with Gasteiger partial charge in [0.1, 0.15) is 17.4 Å². The Kier molecular flexibility index (Phi) is 7.31. The van der Waals surface area contributed by atoms with Gasteiger partial charge in [0.05, 0.1) is 25.4 Å². The van der Waals surface area contributed by atoms with Crippen LogP contribution in [-0.4, -0.2) is 48.4 Å². The predicted molar refractivity (Wildman–Crippen MR) is 117 cm³/mol. The molecule has 9 heteroatoms. The number of carbonyl (C=O) groups is 2. The van der Waals surface area contributed by atoms with Gasteiger partial charge in [-0.2, -0.15) is 0 Å². The number of rotatable bonds is 7. The Morgan fingerprint density at radius 1 is 1.37 bits per heavy atom. The molecular weight excluding hydrogens is 406 g/mol. The molecule has 1 aromatic heterocycles. The summed E-state index contributed by atoms with van der Waals surface area (Å²) in [5, 5.41) is 12.3. The highest BCUT2D eigenvalue weighted by molar-refractivity contribution is 7.17. The highest BCUT2D eigenvalue weighted by Gasteiger charge is 2.26. The van der Waals surface area contributed by atoms with Crippen molar-refractivity contribution in [3.05, 3.63) is 46.3 Å². The van der Waals surface area contributed by atoms with Crippen molar-refractivity contribution in [2.75, 3.05) is 37.4 Å². The van der Waals surface area contributed by atoms with E-state index in [0.717, 1.165) is 16.0 Å². The summed E-state index contributed by atoms with van der Waals surface area (Å²) in [6, 6.07) is 7.25. The summed E-state index contributed by atoms with van der Waals surface area (Å²) < 4.78 is 10.5. The zero-order chi connectivity index (χ0) is 21.5. The molecule has 1 aliphatic rings. The summed E-state index contributed by atoms with van der Waals surface area (Å²) in [6.45, 7) is 3.14. The largest absolute Gasteiger partial charge is 0.491 e. The van der Waals surface area contributed by atoms with Crippen LogP contribution >= 0.6 is 11.3 Å². The van der Waals surface area contributed by atoms with E-state index in [1.54, 1.807) is 24.0 Å². The lowest BCUT2D eigenvalue weighted by atomic mass is 10.1. The Labute approximate surface area is 178 Å². The van der Waals surface area contributed by atoms with Gasteiger partial charge in [-0.25, -0.2) is 4.79 Å². The van der Waals surface area contributed by atoms with Crippen LogP contribution in [0.4, 0.5) is 15.5 Å². The quantitative estimate of drug-likeness (QED) is 0.581. The first-order valence-corrected chi connectivity index (χ1v) is 10.5. The molecule has 4 N–H and O–H groups in total. The molecule has 0 unspecified atom stereocenters. The molecule has 0 aliphatic carbocycles. The smallest absolute Gasteiger partial charge is 0.410 e. The fraction of sp³-hybridized carbons (Fsp3) is 0.333. The van der Waals surface area contributed by atoms with Crippen LogP contribution in [0.3, 0.4) is 0 Å². The molecule has 0 atom stereocenters. The van der Waals surface area contributed by atoms with Gasteiger partial charge in [0.15, 0.2) is 0 Å². The number of nitrogen functional groups attached to an aromatic ring is 1. The molecule has 2 heterocycles. The van der Waals surface area contributed by atoms with Crippen molar-refractivity contribution in [1.29, 1.82) is 0 Å². The molecular formula is C21H25N3O5S. The number of amides is 2. The predicted octanol–water partition coefficient (Wildman–Crippen LogP) is 2.87. The van der Waals surface area contributed by atoms with Crippen LogP contribution < -0.4 is 15.8 Å². The second kappa shape index (κ2) is 10.1. The highest BCUT2D eigenvalue weighted by atomic mass is 32.1. The number of thiophene rings is 1. The van der Waals surface area contributed by atoms with Gasteiger partial charge < -0.3 is 30.5 Å². The molecule has 0 saturated heterocycles. The minimum atomic E-state index is -0.342. The number of hydrogen-bond donors (Lipinski definition) is 3. The van der Waals surface area contributed by atoms with Gasteiger partial charge in [-0.3, -0.25) is 4.79 Å². The lowest BCUT2D eigenvalue weighted by molar-refractivity contribution is -0.111. The second-order valence-corrected chi connectivity index (χ2v) is 7.65. The van der Waals surface area contributed by atoms with E-state index < -0.39 is 0 Å². The highest BCUT2D eigenvalue weighted by Crippen LogP contribution is 2.39. The number of fused-ring (bicyclic) bond motifs is 1. The minimum absolute atomic E-state index is 0.0888. The summed E-state index contributed by atoms with van der Waals surface area (Å²) in [5.41, 5.74) is 8.48. The fourth-order valence-electron chi connectivity index (χ4n) is 3.12. The zero-order valence-electron chi connectivity index (χ0n) is 16.7. The molecule has 8 nitrogen and oxygen atoms in total. The summed E-state index contributed by atoms with van der Waals surface area (Å²) >= 11 is 1.37. The van der Waals surface area contributed by atoms with Gasteiger partial charge in [-0.05, 0) is 31.1 Å². The van der Waals surface area contributed by atoms with E-state index in [2.05, 4.69) is 5.32 Å². The van der Waals surface area contributed by atoms with E-state index in [1.165, 1.54) is 17.4 Å². The first kappa shape index (κ1) is 21.7. The minimum Gasteiger partial charge on any atom is -0.491 e. The van der Waals surface area contributed by atoms with Crippen LogP contribution in [0, 0.1) is 0 Å². The number of anilines is 2. The first-order chi connectivity index (χ1) is 14.5. The van der Waals surface area contributed by atoms with E-state index in [1.807, 2.05) is 18.2 Å². The number of carbonyl (C=O) groups excluding carboxylic acids is 2. The van der Waals surface area contributed by atoms with Gasteiger partial charge in [0.2, 0.25) is 5.91 Å². The Hall–Kier alpha value is -3.04. The average Bonchev–Trinajstić information content (AvgIpc) is 3.06. The third-order valence-electron chi connectivity index (χ3n) is 4.54. The van der Waals surface area contributed by atoms with Gasteiger partial charge >= 0.3 is 6.09 Å². The lowest BCUT2D eigenvalue weighted by Gasteiger charge is -2.26. The second-order valence-electron chi connectivity index (χ2n) is 6.55. The van der Waals surface area contributed by atoms with Crippen molar-refractivity contribution in [2.24, 2.45) is 0 Å². The zero-order valence-corrected chi connectivity index (χ0v) is 17.5. The van der Waals surface area contributed by atoms with Crippen molar-refractivity contribution in [3.63, 3.8) is 0 Å². The number of ether oxygens (including phenoxy) is 2. The van der Waals surface area contributed by atoms with Crippen LogP contribution in [0.5, 0.6) is 5.75 Å². The normalized spacial score (nSPS) is 13.2. The Bertz CT molecular complexity index is 941. The number of nitrogens with one attached hydrogen (secondary N) is 1. The summed E-state index contributed by atoms with van der Waals surface area (Å²) in [5.74, 6) is 0.264. The van der Waals surface area contributed by atoms with Crippen molar-refractivity contribution in [3.8, 4) is 5.75 Å². The third-order valence-corrected chi connectivity index (χ3v) is 5.69. The van der Waals surface area contributed by atoms with E-state index in [0.29, 0.717) is 42.6 Å². The number of para-hydroxylation sites is 1. The molecule has 160 valence electrons. The van der Waals surface area contributed by atoms with Crippen LogP contribution in [0.1, 0.15) is 22.9 Å². The first-order valence-electron chi connectivity index (χ1n) is 9.67. The van der Waals surface area contributed by atoms with Crippen LogP contribution in [0.25, 0.3) is 6.08 Å². The molecule has 0 spiro atoms. The van der Waals surface area contributed by atoms with E-state index in [9.17, 15) is 9.59 Å². The third kappa shape index (κ3) is 5.11. The molecule has 1 aliphatic heterocycles. The molecule has 30 heavy (non-hydrogen) atoms. The summed E-state index contributed by atoms with van der Waals surface area (Å²) in [4.78, 5) is 27.0. The van der Waals surface area contributed by atoms with Gasteiger partial charge in [-0.1, -0.05) is 18.2 Å². The molecule has 0 saturated carbocycles. The molecule has 0 radical (unpaired) electrons. The van der Waals surface area contributed by atoms with E-state index in [-0.39, 0.29) is 25.2 Å². The van der Waals surface area contributed by atoms with Crippen molar-refractivity contribution >= 4 is 40.1 Å². The summed E-state index contributed by atoms with van der Waals surface area (Å²) in [7, 11) is 0. The summed E-state index contributed by atoms with van der Waals surface area (Å²) in [6.07, 6.45) is 3.33. The topological polar surface area (TPSA) is 114 Å². The van der Waals surface area contributed by atoms with Gasteiger partial charge in [0, 0.05) is 23.1 Å². The number of aliphatic hydroxyl groups excluding tert-OH is 1. The molecule has 0 bridgehead atoms. The molecule has 3 rings (SSSR count). The maximum atomic E-state index is 12.4. The molecule has 2 aromatic rings. The lowest BCUT2D eigenvalue weighted by Crippen LogP contribution is -2.35.